The summed E-state index contributed by atoms with van der Waals surface area (Å²) in [5, 5.41) is 16.3. The van der Waals surface area contributed by atoms with Gasteiger partial charge in [-0.25, -0.2) is 0 Å². The molecule has 0 aliphatic heterocycles. The number of carbonyl (C=O) groups excluding carboxylic acids is 1. The van der Waals surface area contributed by atoms with Crippen molar-refractivity contribution in [1.82, 2.24) is 19.8 Å². The number of amides is 1. The summed E-state index contributed by atoms with van der Waals surface area (Å²) in [5.41, 5.74) is 2.34. The van der Waals surface area contributed by atoms with Gasteiger partial charge in [-0.05, 0) is 53.2 Å². The minimum Gasteiger partial charge on any atom is -0.495 e. The number of carbonyl (C=O) groups is 1. The van der Waals surface area contributed by atoms with Crippen LogP contribution in [-0.4, -0.2) is 32.8 Å². The zero-order chi connectivity index (χ0) is 21.3. The molecule has 10 heteroatoms. The van der Waals surface area contributed by atoms with Crippen molar-refractivity contribution in [3.63, 3.8) is 0 Å². The highest BCUT2D eigenvalue weighted by molar-refractivity contribution is 9.11. The van der Waals surface area contributed by atoms with E-state index in [-0.39, 0.29) is 5.91 Å². The first kappa shape index (κ1) is 20.7. The van der Waals surface area contributed by atoms with Crippen molar-refractivity contribution in [2.75, 3.05) is 12.4 Å². The van der Waals surface area contributed by atoms with E-state index in [0.717, 1.165) is 35.9 Å². The van der Waals surface area contributed by atoms with Crippen molar-refractivity contribution < 1.29 is 9.53 Å². The van der Waals surface area contributed by atoms with Gasteiger partial charge in [0.2, 0.25) is 10.9 Å². The van der Waals surface area contributed by atoms with Gasteiger partial charge in [-0.2, -0.15) is 9.61 Å². The number of aryl methyl sites for hydroxylation is 1. The van der Waals surface area contributed by atoms with Gasteiger partial charge in [0.15, 0.2) is 5.82 Å². The van der Waals surface area contributed by atoms with Gasteiger partial charge < -0.3 is 10.1 Å². The fourth-order valence-electron chi connectivity index (χ4n) is 2.83. The van der Waals surface area contributed by atoms with E-state index in [1.165, 1.54) is 17.4 Å². The van der Waals surface area contributed by atoms with Crippen LogP contribution in [0.4, 0.5) is 5.69 Å². The molecule has 0 atom stereocenters. The zero-order valence-corrected chi connectivity index (χ0v) is 19.9. The van der Waals surface area contributed by atoms with Crippen LogP contribution in [-0.2, 0) is 4.79 Å². The summed E-state index contributed by atoms with van der Waals surface area (Å²) in [4.78, 5) is 13.2. The van der Waals surface area contributed by atoms with Gasteiger partial charge in [-0.15, -0.1) is 10.2 Å². The van der Waals surface area contributed by atoms with Crippen LogP contribution < -0.4 is 10.1 Å². The molecule has 30 heavy (non-hydrogen) atoms. The second-order valence-electron chi connectivity index (χ2n) is 6.26. The maximum atomic E-state index is 12.4. The minimum absolute atomic E-state index is 0.251. The summed E-state index contributed by atoms with van der Waals surface area (Å²) >= 11 is 8.35. The van der Waals surface area contributed by atoms with Crippen molar-refractivity contribution >= 4 is 65.8 Å². The lowest BCUT2D eigenvalue weighted by molar-refractivity contribution is -0.111. The van der Waals surface area contributed by atoms with E-state index in [1.54, 1.807) is 17.7 Å². The van der Waals surface area contributed by atoms with Crippen molar-refractivity contribution in [3.8, 4) is 16.3 Å². The fourth-order valence-corrected chi connectivity index (χ4v) is 5.13. The quantitative estimate of drug-likeness (QED) is 0.340. The molecule has 2 aromatic carbocycles. The van der Waals surface area contributed by atoms with E-state index < -0.39 is 0 Å². The first-order valence-electron chi connectivity index (χ1n) is 8.76. The molecule has 2 heterocycles. The maximum Gasteiger partial charge on any atom is 0.248 e. The highest BCUT2D eigenvalue weighted by Crippen LogP contribution is 2.33. The molecule has 152 valence electrons. The Kier molecular flexibility index (Phi) is 5.98. The summed E-state index contributed by atoms with van der Waals surface area (Å²) < 4.78 is 8.79. The monoisotopic (exact) mass is 547 g/mol. The second kappa shape index (κ2) is 8.66. The number of hydrogen-bond acceptors (Lipinski definition) is 6. The number of fused-ring (bicyclic) bond motifs is 1. The summed E-state index contributed by atoms with van der Waals surface area (Å²) in [6.45, 7) is 1.85. The normalized spacial score (nSPS) is 11.3. The van der Waals surface area contributed by atoms with E-state index in [0.29, 0.717) is 11.4 Å². The van der Waals surface area contributed by atoms with E-state index >= 15 is 0 Å². The molecule has 0 unspecified atom stereocenters. The molecule has 0 radical (unpaired) electrons. The number of aromatic nitrogens is 4. The number of hydrogen-bond donors (Lipinski definition) is 1. The van der Waals surface area contributed by atoms with Crippen LogP contribution in [0.2, 0.25) is 0 Å². The highest BCUT2D eigenvalue weighted by Gasteiger charge is 2.11. The Bertz CT molecular complexity index is 1280. The van der Waals surface area contributed by atoms with Crippen LogP contribution in [0.15, 0.2) is 51.4 Å². The molecule has 0 spiro atoms. The molecule has 7 nitrogen and oxygen atoms in total. The number of rotatable bonds is 5. The smallest absolute Gasteiger partial charge is 0.248 e. The summed E-state index contributed by atoms with van der Waals surface area (Å²) in [5.74, 6) is 1.14. The molecule has 0 saturated heterocycles. The third-order valence-electron chi connectivity index (χ3n) is 4.18. The Morgan fingerprint density at radius 3 is 2.83 bits per heavy atom. The average Bonchev–Trinajstić information content (AvgIpc) is 3.28. The zero-order valence-electron chi connectivity index (χ0n) is 15.9. The molecule has 0 bridgehead atoms. The predicted molar refractivity (Wildman–Crippen MR) is 125 cm³/mol. The summed E-state index contributed by atoms with van der Waals surface area (Å²) in [6, 6.07) is 11.3. The number of benzene rings is 2. The van der Waals surface area contributed by atoms with Gasteiger partial charge in [0, 0.05) is 27.4 Å². The Balaban J connectivity index is 1.53. The highest BCUT2D eigenvalue weighted by atomic mass is 79.9. The molecular formula is C20H15Br2N5O2S. The van der Waals surface area contributed by atoms with Crippen LogP contribution in [0.25, 0.3) is 21.6 Å². The predicted octanol–water partition coefficient (Wildman–Crippen LogP) is 5.35. The van der Waals surface area contributed by atoms with Crippen molar-refractivity contribution in [2.45, 2.75) is 6.92 Å². The SMILES string of the molecule is COc1c(Br)cc(Br)cc1C=CC(=O)Nc1cccc(-c2nn3c(C)nnc3s2)c1. The van der Waals surface area contributed by atoms with E-state index in [2.05, 4.69) is 52.5 Å². The molecule has 1 N–H and O–H groups in total. The van der Waals surface area contributed by atoms with E-state index in [9.17, 15) is 4.79 Å². The Hall–Kier alpha value is -2.56. The molecule has 0 saturated carbocycles. The van der Waals surface area contributed by atoms with Gasteiger partial charge >= 0.3 is 0 Å². The van der Waals surface area contributed by atoms with Crippen LogP contribution in [0.5, 0.6) is 5.75 Å². The Morgan fingerprint density at radius 2 is 2.07 bits per heavy atom. The number of ether oxygens (including phenoxy) is 1. The van der Waals surface area contributed by atoms with Gasteiger partial charge in [0.05, 0.1) is 11.6 Å². The summed E-state index contributed by atoms with van der Waals surface area (Å²) in [6.07, 6.45) is 3.18. The Morgan fingerprint density at radius 1 is 1.23 bits per heavy atom. The third kappa shape index (κ3) is 4.30. The minimum atomic E-state index is -0.251. The van der Waals surface area contributed by atoms with Crippen molar-refractivity contribution in [3.05, 3.63) is 62.8 Å². The number of nitrogens with zero attached hydrogens (tertiary/aromatic N) is 4. The fraction of sp³-hybridized carbons (Fsp3) is 0.100. The first-order valence-corrected chi connectivity index (χ1v) is 11.2. The molecule has 4 rings (SSSR count). The van der Waals surface area contributed by atoms with Crippen molar-refractivity contribution in [1.29, 1.82) is 0 Å². The summed E-state index contributed by atoms with van der Waals surface area (Å²) in [7, 11) is 1.59. The largest absolute Gasteiger partial charge is 0.495 e. The van der Waals surface area contributed by atoms with Gasteiger partial charge in [-0.3, -0.25) is 4.79 Å². The van der Waals surface area contributed by atoms with Gasteiger partial charge in [0.1, 0.15) is 10.8 Å². The first-order chi connectivity index (χ1) is 14.4. The molecule has 2 aromatic heterocycles. The lowest BCUT2D eigenvalue weighted by Gasteiger charge is -2.08. The third-order valence-corrected chi connectivity index (χ3v) is 6.17. The standard InChI is InChI=1S/C20H15Br2N5O2S/c1-11-24-25-20-27(11)26-19(30-20)13-4-3-5-15(9-13)23-17(28)7-6-12-8-14(21)10-16(22)18(12)29-2/h3-10H,1-2H3,(H,23,28). The molecular weight excluding hydrogens is 534 g/mol. The molecule has 0 fully saturated rings. The van der Waals surface area contributed by atoms with Crippen molar-refractivity contribution in [2.24, 2.45) is 0 Å². The molecule has 0 aliphatic carbocycles. The molecule has 0 aliphatic rings. The van der Waals surface area contributed by atoms with Crippen LogP contribution in [0.3, 0.4) is 0 Å². The van der Waals surface area contributed by atoms with Crippen LogP contribution >= 0.6 is 43.2 Å². The number of nitrogens with one attached hydrogen (secondary N) is 1. The van der Waals surface area contributed by atoms with Crippen LogP contribution in [0.1, 0.15) is 11.4 Å². The van der Waals surface area contributed by atoms with Crippen LogP contribution in [0, 0.1) is 6.92 Å². The average molecular weight is 549 g/mol. The second-order valence-corrected chi connectivity index (χ2v) is 8.99. The number of halogens is 2. The van der Waals surface area contributed by atoms with Gasteiger partial charge in [0.25, 0.3) is 0 Å². The number of anilines is 1. The van der Waals surface area contributed by atoms with Gasteiger partial charge in [-0.1, -0.05) is 39.4 Å². The maximum absolute atomic E-state index is 12.4. The molecule has 4 aromatic rings. The molecule has 1 amide bonds. The number of methoxy groups -OCH3 is 1. The topological polar surface area (TPSA) is 81.4 Å². The lowest BCUT2D eigenvalue weighted by atomic mass is 10.2. The lowest BCUT2D eigenvalue weighted by Crippen LogP contribution is -2.07. The van der Waals surface area contributed by atoms with E-state index in [1.807, 2.05) is 43.3 Å². The van der Waals surface area contributed by atoms with E-state index in [4.69, 9.17) is 4.74 Å². The Labute approximate surface area is 193 Å².